The minimum Gasteiger partial charge on any atom is -0.504 e. The Morgan fingerprint density at radius 2 is 1.88 bits per heavy atom. The molecule has 0 radical (unpaired) electrons. The van der Waals surface area contributed by atoms with E-state index in [1.54, 1.807) is 25.3 Å². The number of carbonyl (C=O) groups is 1. The lowest BCUT2D eigenvalue weighted by Gasteiger charge is -2.33. The average molecular weight is 352 g/mol. The van der Waals surface area contributed by atoms with Crippen molar-refractivity contribution in [3.63, 3.8) is 0 Å². The molecule has 0 spiro atoms. The van der Waals surface area contributed by atoms with Crippen molar-refractivity contribution in [1.29, 1.82) is 0 Å². The molecular formula is C21H24N2O3. The molecule has 1 aliphatic carbocycles. The summed E-state index contributed by atoms with van der Waals surface area (Å²) >= 11 is 0. The average Bonchev–Trinajstić information content (AvgIpc) is 2.66. The van der Waals surface area contributed by atoms with Gasteiger partial charge in [-0.05, 0) is 55.7 Å². The van der Waals surface area contributed by atoms with Gasteiger partial charge < -0.3 is 10.2 Å². The van der Waals surface area contributed by atoms with Crippen LogP contribution in [0.4, 0.5) is 5.82 Å². The number of aromatic nitrogens is 1. The van der Waals surface area contributed by atoms with Gasteiger partial charge in [0.05, 0.1) is 0 Å². The fourth-order valence-electron chi connectivity index (χ4n) is 3.42. The van der Waals surface area contributed by atoms with E-state index >= 15 is 0 Å². The second kappa shape index (κ2) is 8.04. The Balaban J connectivity index is 1.90. The molecule has 136 valence electrons. The van der Waals surface area contributed by atoms with Gasteiger partial charge in [-0.25, -0.2) is 4.98 Å². The third-order valence-corrected chi connectivity index (χ3v) is 4.77. The van der Waals surface area contributed by atoms with Crippen LogP contribution in [0.1, 0.15) is 44.6 Å². The van der Waals surface area contributed by atoms with E-state index in [9.17, 15) is 15.0 Å². The lowest BCUT2D eigenvalue weighted by atomic mass is 9.93. The van der Waals surface area contributed by atoms with E-state index < -0.39 is 0 Å². The van der Waals surface area contributed by atoms with Gasteiger partial charge in [-0.2, -0.15) is 0 Å². The van der Waals surface area contributed by atoms with E-state index in [2.05, 4.69) is 4.98 Å². The van der Waals surface area contributed by atoms with Crippen LogP contribution in [0, 0.1) is 0 Å². The van der Waals surface area contributed by atoms with Crippen molar-refractivity contribution in [1.82, 2.24) is 4.98 Å². The Bertz CT molecular complexity index is 796. The van der Waals surface area contributed by atoms with Gasteiger partial charge in [-0.1, -0.05) is 31.4 Å². The normalized spacial score (nSPS) is 15.7. The van der Waals surface area contributed by atoms with Crippen LogP contribution in [-0.4, -0.2) is 27.1 Å². The quantitative estimate of drug-likeness (QED) is 0.637. The molecule has 26 heavy (non-hydrogen) atoms. The number of amides is 1. The van der Waals surface area contributed by atoms with Gasteiger partial charge in [0.2, 0.25) is 0 Å². The molecule has 1 aromatic heterocycles. The third kappa shape index (κ3) is 4.04. The van der Waals surface area contributed by atoms with Crippen molar-refractivity contribution in [2.45, 2.75) is 45.1 Å². The zero-order valence-corrected chi connectivity index (χ0v) is 14.9. The Morgan fingerprint density at radius 3 is 2.54 bits per heavy atom. The van der Waals surface area contributed by atoms with E-state index in [4.69, 9.17) is 0 Å². The maximum atomic E-state index is 13.2. The predicted molar refractivity (Wildman–Crippen MR) is 102 cm³/mol. The monoisotopic (exact) mass is 352 g/mol. The highest BCUT2D eigenvalue weighted by molar-refractivity contribution is 6.07. The van der Waals surface area contributed by atoms with Crippen LogP contribution in [0.25, 0.3) is 6.08 Å². The number of phenolic OH excluding ortho intramolecular Hbond substituents is 2. The number of rotatable bonds is 4. The summed E-state index contributed by atoms with van der Waals surface area (Å²) in [5, 5.41) is 19.1. The van der Waals surface area contributed by atoms with E-state index in [1.165, 1.54) is 18.6 Å². The molecule has 2 aromatic rings. The van der Waals surface area contributed by atoms with Gasteiger partial charge in [0, 0.05) is 17.8 Å². The Labute approximate surface area is 153 Å². The molecule has 1 aliphatic rings. The van der Waals surface area contributed by atoms with E-state index in [0.717, 1.165) is 25.7 Å². The molecule has 5 nitrogen and oxygen atoms in total. The molecule has 1 amide bonds. The first-order valence-corrected chi connectivity index (χ1v) is 9.01. The number of hydrogen-bond acceptors (Lipinski definition) is 4. The molecule has 0 saturated heterocycles. The van der Waals surface area contributed by atoms with Crippen LogP contribution in [0.2, 0.25) is 0 Å². The first-order valence-electron chi connectivity index (χ1n) is 9.01. The van der Waals surface area contributed by atoms with Crippen molar-refractivity contribution in [3.05, 3.63) is 53.7 Å². The highest BCUT2D eigenvalue weighted by Crippen LogP contribution is 2.29. The maximum absolute atomic E-state index is 13.2. The molecule has 5 heteroatoms. The highest BCUT2D eigenvalue weighted by atomic mass is 16.3. The van der Waals surface area contributed by atoms with Crippen LogP contribution < -0.4 is 4.90 Å². The largest absolute Gasteiger partial charge is 0.504 e. The van der Waals surface area contributed by atoms with E-state index in [-0.39, 0.29) is 23.4 Å². The standard InChI is InChI=1S/C21H24N2O3/c1-15(13-16-10-11-18(24)19(25)14-16)21(26)23(17-7-3-2-4-8-17)20-9-5-6-12-22-20/h5-6,9-14,17,24-25H,2-4,7-8H2,1H3/b15-13-. The molecule has 0 unspecified atom stereocenters. The Kier molecular flexibility index (Phi) is 5.56. The van der Waals surface area contributed by atoms with Gasteiger partial charge in [0.15, 0.2) is 11.5 Å². The van der Waals surface area contributed by atoms with Crippen LogP contribution in [0.15, 0.2) is 48.2 Å². The summed E-state index contributed by atoms with van der Waals surface area (Å²) in [5.74, 6) is 0.213. The second-order valence-electron chi connectivity index (χ2n) is 6.73. The number of hydrogen-bond donors (Lipinski definition) is 2. The summed E-state index contributed by atoms with van der Waals surface area (Å²) in [6.45, 7) is 1.77. The van der Waals surface area contributed by atoms with Crippen LogP contribution >= 0.6 is 0 Å². The summed E-state index contributed by atoms with van der Waals surface area (Å²) < 4.78 is 0. The second-order valence-corrected chi connectivity index (χ2v) is 6.73. The highest BCUT2D eigenvalue weighted by Gasteiger charge is 2.28. The number of aromatic hydroxyl groups is 2. The molecule has 3 rings (SSSR count). The Morgan fingerprint density at radius 1 is 1.12 bits per heavy atom. The first kappa shape index (κ1) is 18.0. The van der Waals surface area contributed by atoms with Crippen LogP contribution in [-0.2, 0) is 4.79 Å². The molecule has 1 fully saturated rings. The number of carbonyl (C=O) groups excluding carboxylic acids is 1. The summed E-state index contributed by atoms with van der Waals surface area (Å²) in [4.78, 5) is 19.4. The van der Waals surface area contributed by atoms with Crippen molar-refractivity contribution in [2.75, 3.05) is 4.90 Å². The molecule has 0 bridgehead atoms. The fraction of sp³-hybridized carbons (Fsp3) is 0.333. The van der Waals surface area contributed by atoms with E-state index in [0.29, 0.717) is 17.0 Å². The van der Waals surface area contributed by atoms with Crippen molar-refractivity contribution >= 4 is 17.8 Å². The molecule has 2 N–H and O–H groups in total. The van der Waals surface area contributed by atoms with Crippen LogP contribution in [0.5, 0.6) is 11.5 Å². The van der Waals surface area contributed by atoms with Gasteiger partial charge in [0.1, 0.15) is 5.82 Å². The van der Waals surface area contributed by atoms with Crippen molar-refractivity contribution < 1.29 is 15.0 Å². The van der Waals surface area contributed by atoms with Crippen LogP contribution in [0.3, 0.4) is 0 Å². The molecule has 1 aromatic carbocycles. The number of pyridine rings is 1. The number of phenols is 2. The van der Waals surface area contributed by atoms with Gasteiger partial charge >= 0.3 is 0 Å². The smallest absolute Gasteiger partial charge is 0.255 e. The topological polar surface area (TPSA) is 73.7 Å². The SMILES string of the molecule is C/C(=C/c1ccc(O)c(O)c1)C(=O)N(c1ccccn1)C1CCCCC1. The zero-order valence-electron chi connectivity index (χ0n) is 14.9. The van der Waals surface area contributed by atoms with Gasteiger partial charge in [0.25, 0.3) is 5.91 Å². The third-order valence-electron chi connectivity index (χ3n) is 4.77. The summed E-state index contributed by atoms with van der Waals surface area (Å²) in [5.41, 5.74) is 1.22. The zero-order chi connectivity index (χ0) is 18.5. The lowest BCUT2D eigenvalue weighted by Crippen LogP contribution is -2.42. The maximum Gasteiger partial charge on any atom is 0.255 e. The Hall–Kier alpha value is -2.82. The van der Waals surface area contributed by atoms with Gasteiger partial charge in [-0.3, -0.25) is 9.69 Å². The molecule has 1 saturated carbocycles. The number of anilines is 1. The van der Waals surface area contributed by atoms with Gasteiger partial charge in [-0.15, -0.1) is 0 Å². The minimum absolute atomic E-state index is 0.0804. The minimum atomic E-state index is -0.201. The molecule has 1 heterocycles. The summed E-state index contributed by atoms with van der Waals surface area (Å²) in [7, 11) is 0. The first-order chi connectivity index (χ1) is 12.6. The molecular weight excluding hydrogens is 328 g/mol. The van der Waals surface area contributed by atoms with Crippen molar-refractivity contribution in [3.8, 4) is 11.5 Å². The molecule has 0 aliphatic heterocycles. The fourth-order valence-corrected chi connectivity index (χ4v) is 3.42. The van der Waals surface area contributed by atoms with E-state index in [1.807, 2.05) is 23.1 Å². The summed E-state index contributed by atoms with van der Waals surface area (Å²) in [6.07, 6.45) is 8.84. The molecule has 0 atom stereocenters. The number of benzene rings is 1. The number of nitrogens with zero attached hydrogens (tertiary/aromatic N) is 2. The summed E-state index contributed by atoms with van der Waals surface area (Å²) in [6, 6.07) is 10.3. The lowest BCUT2D eigenvalue weighted by molar-refractivity contribution is -0.115. The van der Waals surface area contributed by atoms with Crippen molar-refractivity contribution in [2.24, 2.45) is 0 Å². The predicted octanol–water partition coefficient (Wildman–Crippen LogP) is 4.26.